The molecule has 2 aromatic heterocycles. The van der Waals surface area contributed by atoms with Gasteiger partial charge in [0.15, 0.2) is 10.9 Å². The Bertz CT molecular complexity index is 1830. The van der Waals surface area contributed by atoms with Crippen LogP contribution in [0.15, 0.2) is 67.9 Å². The number of rotatable bonds is 2. The van der Waals surface area contributed by atoms with E-state index in [1.54, 1.807) is 0 Å². The maximum absolute atomic E-state index is 13.0. The smallest absolute Gasteiger partial charge is 0.294 e. The fourth-order valence-corrected chi connectivity index (χ4v) is 4.74. The van der Waals surface area contributed by atoms with Crippen molar-refractivity contribution in [3.05, 3.63) is 69.0 Å². The molecule has 0 saturated heterocycles. The van der Waals surface area contributed by atoms with Crippen LogP contribution in [0.1, 0.15) is 0 Å². The molecule has 0 bridgehead atoms. The molecular formula is C20H12AlN2O8S2. The second kappa shape index (κ2) is 7.49. The lowest BCUT2D eigenvalue weighted by atomic mass is 10.1. The lowest BCUT2D eigenvalue weighted by molar-refractivity contribution is 0.481. The molecule has 3 aromatic carbocycles. The molecule has 0 aliphatic rings. The molecule has 33 heavy (non-hydrogen) atoms. The van der Waals surface area contributed by atoms with E-state index in [9.17, 15) is 35.5 Å². The first-order chi connectivity index (χ1) is 14.9. The number of H-pyrrole nitrogens is 2. The lowest BCUT2D eigenvalue weighted by Gasteiger charge is -2.08. The molecule has 2 heterocycles. The molecule has 0 saturated carbocycles. The topological polar surface area (TPSA) is 174 Å². The zero-order valence-electron chi connectivity index (χ0n) is 16.4. The molecule has 10 nitrogen and oxygen atoms in total. The van der Waals surface area contributed by atoms with Gasteiger partial charge in [0.05, 0.1) is 20.8 Å². The number of hydrogen-bond acceptors (Lipinski definition) is 6. The van der Waals surface area contributed by atoms with Gasteiger partial charge in [0.25, 0.3) is 20.2 Å². The molecule has 5 aromatic rings. The van der Waals surface area contributed by atoms with Gasteiger partial charge in [-0.2, -0.15) is 16.8 Å². The Hall–Kier alpha value is -3.05. The molecule has 0 spiro atoms. The summed E-state index contributed by atoms with van der Waals surface area (Å²) in [6.45, 7) is 0. The van der Waals surface area contributed by atoms with E-state index in [0.717, 1.165) is 24.3 Å². The summed E-state index contributed by atoms with van der Waals surface area (Å²) in [4.78, 5) is 31.1. The second-order valence-corrected chi connectivity index (χ2v) is 10.1. The van der Waals surface area contributed by atoms with Crippen molar-refractivity contribution in [1.29, 1.82) is 0 Å². The van der Waals surface area contributed by atoms with Crippen LogP contribution in [0.4, 0.5) is 0 Å². The Labute approximate surface area is 195 Å². The maximum Gasteiger partial charge on any atom is 0.294 e. The highest BCUT2D eigenvalue weighted by Gasteiger charge is 2.16. The van der Waals surface area contributed by atoms with Crippen LogP contribution >= 0.6 is 0 Å². The van der Waals surface area contributed by atoms with Gasteiger partial charge in [-0.05, 0) is 48.5 Å². The van der Waals surface area contributed by atoms with Crippen molar-refractivity contribution in [2.45, 2.75) is 9.79 Å². The fraction of sp³-hybridized carbons (Fsp3) is 0. The fourth-order valence-electron chi connectivity index (χ4n) is 3.72. The zero-order chi connectivity index (χ0) is 23.0. The number of pyridine rings is 2. The number of fused-ring (bicyclic) bond motifs is 4. The molecule has 5 rings (SSSR count). The van der Waals surface area contributed by atoms with Crippen LogP contribution in [0.2, 0.25) is 0 Å². The highest BCUT2D eigenvalue weighted by molar-refractivity contribution is 7.86. The number of aromatic amines is 2. The normalized spacial score (nSPS) is 12.4. The summed E-state index contributed by atoms with van der Waals surface area (Å²) in [6.07, 6.45) is 0. The minimum absolute atomic E-state index is 0. The Morgan fingerprint density at radius 3 is 1.21 bits per heavy atom. The Morgan fingerprint density at radius 1 is 0.545 bits per heavy atom. The van der Waals surface area contributed by atoms with Crippen molar-refractivity contribution in [3.63, 3.8) is 0 Å². The Kier molecular flexibility index (Phi) is 5.25. The largest absolute Gasteiger partial charge is 0.354 e. The van der Waals surface area contributed by atoms with Gasteiger partial charge in [-0.1, -0.05) is 0 Å². The highest BCUT2D eigenvalue weighted by atomic mass is 32.2. The summed E-state index contributed by atoms with van der Waals surface area (Å²) in [7, 11) is -9.01. The Balaban J connectivity index is 0.00000259. The summed E-state index contributed by atoms with van der Waals surface area (Å²) in [5, 5.41) is 0.407. The first kappa shape index (κ1) is 23.1. The van der Waals surface area contributed by atoms with Gasteiger partial charge < -0.3 is 9.97 Å². The summed E-state index contributed by atoms with van der Waals surface area (Å²) in [5.74, 6) is 0. The van der Waals surface area contributed by atoms with Crippen molar-refractivity contribution >= 4 is 81.2 Å². The molecule has 3 radical (unpaired) electrons. The summed E-state index contributed by atoms with van der Waals surface area (Å²) >= 11 is 0. The highest BCUT2D eigenvalue weighted by Crippen LogP contribution is 2.24. The third-order valence-corrected chi connectivity index (χ3v) is 6.95. The Morgan fingerprint density at radius 2 is 0.879 bits per heavy atom. The van der Waals surface area contributed by atoms with Gasteiger partial charge in [0.1, 0.15) is 0 Å². The quantitative estimate of drug-likeness (QED) is 0.161. The minimum atomic E-state index is -4.50. The van der Waals surface area contributed by atoms with Crippen LogP contribution in [0.5, 0.6) is 0 Å². The predicted octanol–water partition coefficient (Wildman–Crippen LogP) is 1.79. The maximum atomic E-state index is 13.0. The van der Waals surface area contributed by atoms with Gasteiger partial charge in [-0.15, -0.1) is 0 Å². The summed E-state index contributed by atoms with van der Waals surface area (Å²) in [5.41, 5.74) is 0.156. The number of aromatic nitrogens is 2. The van der Waals surface area contributed by atoms with E-state index >= 15 is 0 Å². The number of hydrogen-bond donors (Lipinski definition) is 4. The van der Waals surface area contributed by atoms with Gasteiger partial charge in [-0.25, -0.2) is 0 Å². The minimum Gasteiger partial charge on any atom is -0.354 e. The molecule has 0 aliphatic carbocycles. The van der Waals surface area contributed by atoms with E-state index in [2.05, 4.69) is 9.97 Å². The monoisotopic (exact) mass is 499 g/mol. The first-order valence-corrected chi connectivity index (χ1v) is 11.9. The predicted molar refractivity (Wildman–Crippen MR) is 123 cm³/mol. The molecule has 4 N–H and O–H groups in total. The molecule has 0 atom stereocenters. The van der Waals surface area contributed by atoms with E-state index in [4.69, 9.17) is 0 Å². The van der Waals surface area contributed by atoms with Crippen molar-refractivity contribution < 1.29 is 25.9 Å². The van der Waals surface area contributed by atoms with Crippen LogP contribution in [0.3, 0.4) is 0 Å². The van der Waals surface area contributed by atoms with Crippen molar-refractivity contribution in [3.8, 4) is 0 Å². The third kappa shape index (κ3) is 3.74. The van der Waals surface area contributed by atoms with Gasteiger partial charge >= 0.3 is 0 Å². The summed E-state index contributed by atoms with van der Waals surface area (Å²) < 4.78 is 64.2. The van der Waals surface area contributed by atoms with E-state index in [0.29, 0.717) is 22.1 Å². The van der Waals surface area contributed by atoms with Crippen molar-refractivity contribution in [1.82, 2.24) is 9.97 Å². The van der Waals surface area contributed by atoms with E-state index in [1.165, 1.54) is 24.3 Å². The average molecular weight is 499 g/mol. The number of benzene rings is 3. The molecule has 13 heteroatoms. The zero-order valence-corrected chi connectivity index (χ0v) is 19.1. The standard InChI is InChI=1S/C20H12N2O8S2.Al/c23-19-11-5-9(31(25,26)27)1-3-15(11)21-17-7-14-18(8-13(17)19)22-16-4-2-10(32(28,29)30)6-12(16)20(14)24;/h1-8H,(H,21,23)(H,22,24)(H,25,26,27)(H,28,29,30);. The lowest BCUT2D eigenvalue weighted by Crippen LogP contribution is -2.09. The van der Waals surface area contributed by atoms with E-state index in [-0.39, 0.29) is 38.9 Å². The van der Waals surface area contributed by atoms with Crippen molar-refractivity contribution in [2.24, 2.45) is 0 Å². The van der Waals surface area contributed by atoms with Gasteiger partial charge in [0.2, 0.25) is 0 Å². The SMILES string of the molecule is O=c1c2cc(S(=O)(=O)O)ccc2[nH]c2cc3c(=O)c4cc(S(=O)(=O)O)ccc4[nH]c3cc12.[Al]. The van der Waals surface area contributed by atoms with Crippen LogP contribution in [0.25, 0.3) is 43.6 Å². The third-order valence-electron chi connectivity index (χ3n) is 5.25. The van der Waals surface area contributed by atoms with E-state index < -0.39 is 40.9 Å². The van der Waals surface area contributed by atoms with Crippen LogP contribution in [-0.4, -0.2) is 53.3 Å². The molecule has 165 valence electrons. The molecule has 0 unspecified atom stereocenters. The average Bonchev–Trinajstić information content (AvgIpc) is 2.71. The van der Waals surface area contributed by atoms with Gasteiger partial charge in [-0.3, -0.25) is 18.7 Å². The summed E-state index contributed by atoms with van der Waals surface area (Å²) in [6, 6.07) is 9.91. The van der Waals surface area contributed by atoms with Gasteiger partial charge in [0, 0.05) is 49.9 Å². The van der Waals surface area contributed by atoms with Crippen LogP contribution in [-0.2, 0) is 20.2 Å². The first-order valence-electron chi connectivity index (χ1n) is 8.98. The molecular weight excluding hydrogens is 487 g/mol. The molecule has 0 amide bonds. The van der Waals surface area contributed by atoms with E-state index in [1.807, 2.05) is 0 Å². The molecule has 0 fully saturated rings. The number of nitrogens with one attached hydrogen (secondary N) is 2. The van der Waals surface area contributed by atoms with Crippen LogP contribution in [0, 0.1) is 0 Å². The van der Waals surface area contributed by atoms with Crippen LogP contribution < -0.4 is 10.9 Å². The van der Waals surface area contributed by atoms with Crippen molar-refractivity contribution in [2.75, 3.05) is 0 Å². The molecule has 0 aliphatic heterocycles. The second-order valence-electron chi connectivity index (χ2n) is 7.22.